The summed E-state index contributed by atoms with van der Waals surface area (Å²) >= 11 is 0. The third-order valence-electron chi connectivity index (χ3n) is 7.33. The van der Waals surface area contributed by atoms with E-state index in [2.05, 4.69) is 29.2 Å². The Kier molecular flexibility index (Phi) is 7.26. The summed E-state index contributed by atoms with van der Waals surface area (Å²) in [6, 6.07) is 16.0. The van der Waals surface area contributed by atoms with Crippen LogP contribution in [0, 0.1) is 5.92 Å². The molecule has 6 nitrogen and oxygen atoms in total. The first-order chi connectivity index (χ1) is 17.2. The van der Waals surface area contributed by atoms with Gasteiger partial charge in [-0.3, -0.25) is 14.6 Å². The van der Waals surface area contributed by atoms with Crippen molar-refractivity contribution >= 4 is 22.6 Å². The van der Waals surface area contributed by atoms with E-state index in [0.29, 0.717) is 36.8 Å². The average molecular weight is 472 g/mol. The van der Waals surface area contributed by atoms with Gasteiger partial charge >= 0.3 is 0 Å². The molecular formula is C29H33N3O3. The lowest BCUT2D eigenvalue weighted by atomic mass is 9.91. The maximum Gasteiger partial charge on any atom is 0.257 e. The molecule has 0 aliphatic carbocycles. The van der Waals surface area contributed by atoms with Gasteiger partial charge in [0.15, 0.2) is 0 Å². The van der Waals surface area contributed by atoms with Crippen molar-refractivity contribution < 1.29 is 14.3 Å². The van der Waals surface area contributed by atoms with Crippen LogP contribution in [0.2, 0.25) is 0 Å². The molecule has 1 atom stereocenters. The number of fused-ring (bicyclic) bond motifs is 1. The molecule has 0 radical (unpaired) electrons. The molecule has 0 saturated carbocycles. The number of carbonyl (C=O) groups is 2. The van der Waals surface area contributed by atoms with Crippen molar-refractivity contribution in [1.82, 2.24) is 14.8 Å². The van der Waals surface area contributed by atoms with Crippen LogP contribution in [0.5, 0.6) is 5.75 Å². The number of carbonyl (C=O) groups excluding carboxylic acids is 2. The van der Waals surface area contributed by atoms with Crippen molar-refractivity contribution in [3.63, 3.8) is 0 Å². The smallest absolute Gasteiger partial charge is 0.257 e. The van der Waals surface area contributed by atoms with Crippen LogP contribution in [-0.4, -0.2) is 59.4 Å². The van der Waals surface area contributed by atoms with Crippen LogP contribution < -0.4 is 4.74 Å². The molecule has 3 heterocycles. The van der Waals surface area contributed by atoms with Gasteiger partial charge in [-0.25, -0.2) is 0 Å². The predicted molar refractivity (Wildman–Crippen MR) is 136 cm³/mol. The van der Waals surface area contributed by atoms with E-state index in [1.165, 1.54) is 16.3 Å². The van der Waals surface area contributed by atoms with E-state index >= 15 is 0 Å². The summed E-state index contributed by atoms with van der Waals surface area (Å²) in [4.78, 5) is 33.4. The van der Waals surface area contributed by atoms with Crippen LogP contribution >= 0.6 is 0 Å². The van der Waals surface area contributed by atoms with Gasteiger partial charge in [0.05, 0.1) is 12.1 Å². The van der Waals surface area contributed by atoms with E-state index in [1.54, 1.807) is 0 Å². The first kappa shape index (κ1) is 23.3. The third kappa shape index (κ3) is 5.47. The largest absolute Gasteiger partial charge is 0.491 e. The first-order valence-corrected chi connectivity index (χ1v) is 12.8. The maximum atomic E-state index is 13.5. The summed E-state index contributed by atoms with van der Waals surface area (Å²) in [5.41, 5.74) is 1.95. The summed E-state index contributed by atoms with van der Waals surface area (Å²) < 4.78 is 5.98. The average Bonchev–Trinajstić information content (AvgIpc) is 3.15. The molecule has 3 aromatic rings. The predicted octanol–water partition coefficient (Wildman–Crippen LogP) is 4.72. The van der Waals surface area contributed by atoms with E-state index in [1.807, 2.05) is 46.5 Å². The normalized spacial score (nSPS) is 18.6. The molecule has 1 aromatic heterocycles. The highest BCUT2D eigenvalue weighted by Crippen LogP contribution is 2.28. The number of nitrogens with zero attached hydrogens (tertiary/aromatic N) is 3. The number of hydrogen-bond donors (Lipinski definition) is 0. The molecule has 2 aromatic carbocycles. The highest BCUT2D eigenvalue weighted by molar-refractivity contribution is 5.97. The van der Waals surface area contributed by atoms with Gasteiger partial charge in [0.1, 0.15) is 12.4 Å². The number of pyridine rings is 1. The Hall–Kier alpha value is -3.41. The number of ether oxygens (including phenoxy) is 1. The third-order valence-corrected chi connectivity index (χ3v) is 7.33. The van der Waals surface area contributed by atoms with Gasteiger partial charge in [-0.05, 0) is 67.2 Å². The molecule has 0 bridgehead atoms. The number of aromatic nitrogens is 1. The van der Waals surface area contributed by atoms with E-state index in [4.69, 9.17) is 4.74 Å². The minimum absolute atomic E-state index is 0.0351. The van der Waals surface area contributed by atoms with Crippen LogP contribution in [0.3, 0.4) is 0 Å². The van der Waals surface area contributed by atoms with Crippen LogP contribution in [-0.2, 0) is 11.2 Å². The van der Waals surface area contributed by atoms with Crippen LogP contribution in [0.15, 0.2) is 60.9 Å². The van der Waals surface area contributed by atoms with E-state index in [9.17, 15) is 9.59 Å². The maximum absolute atomic E-state index is 13.5. The van der Waals surface area contributed by atoms with Gasteiger partial charge in [-0.2, -0.15) is 0 Å². The number of rotatable bonds is 7. The van der Waals surface area contributed by atoms with E-state index < -0.39 is 0 Å². The number of amides is 2. The molecule has 2 fully saturated rings. The van der Waals surface area contributed by atoms with E-state index in [-0.39, 0.29) is 11.8 Å². The molecule has 2 amide bonds. The zero-order valence-corrected chi connectivity index (χ0v) is 20.2. The summed E-state index contributed by atoms with van der Waals surface area (Å²) in [5.74, 6) is 1.38. The second kappa shape index (κ2) is 10.9. The van der Waals surface area contributed by atoms with E-state index in [0.717, 1.165) is 51.7 Å². The second-order valence-electron chi connectivity index (χ2n) is 9.64. The Morgan fingerprint density at radius 3 is 2.80 bits per heavy atom. The number of benzene rings is 2. The molecule has 35 heavy (non-hydrogen) atoms. The Balaban J connectivity index is 1.20. The molecule has 182 valence electrons. The highest BCUT2D eigenvalue weighted by Gasteiger charge is 2.25. The lowest BCUT2D eigenvalue weighted by Gasteiger charge is -2.23. The molecule has 6 heteroatoms. The van der Waals surface area contributed by atoms with Crippen molar-refractivity contribution in [2.75, 3.05) is 32.8 Å². The van der Waals surface area contributed by atoms with Crippen molar-refractivity contribution in [2.24, 2.45) is 5.92 Å². The fourth-order valence-corrected chi connectivity index (χ4v) is 5.38. The molecule has 5 rings (SSSR count). The topological polar surface area (TPSA) is 62.7 Å². The molecule has 2 saturated heterocycles. The number of likely N-dealkylation sites (tertiary alicyclic amines) is 2. The van der Waals surface area contributed by atoms with Crippen LogP contribution in [0.25, 0.3) is 10.8 Å². The van der Waals surface area contributed by atoms with Crippen LogP contribution in [0.1, 0.15) is 48.0 Å². The minimum atomic E-state index is 0.0351. The SMILES string of the molecule is O=C1CCCN1CCOc1ccccc1C(=O)N1CCC[C@H](Cc2cccc3ccncc23)CC1. The molecule has 0 N–H and O–H groups in total. The molecule has 2 aliphatic heterocycles. The fraction of sp³-hybridized carbons (Fsp3) is 0.414. The highest BCUT2D eigenvalue weighted by atomic mass is 16.5. The Morgan fingerprint density at radius 1 is 1.00 bits per heavy atom. The number of para-hydroxylation sites is 1. The summed E-state index contributed by atoms with van der Waals surface area (Å²) in [7, 11) is 0. The summed E-state index contributed by atoms with van der Waals surface area (Å²) in [6.45, 7) is 3.29. The van der Waals surface area contributed by atoms with Crippen molar-refractivity contribution in [3.8, 4) is 5.75 Å². The summed E-state index contributed by atoms with van der Waals surface area (Å²) in [6.07, 6.45) is 9.47. The standard InChI is InChI=1S/C29H33N3O3/c33-28-11-5-15-31(28)18-19-35-27-10-2-1-9-25(27)29(34)32-16-4-6-22(13-17-32)20-24-8-3-7-23-12-14-30-21-26(23)24/h1-3,7-10,12,14,21-22H,4-6,11,13,15-20H2/t22-/m0/s1. The zero-order chi connectivity index (χ0) is 24.0. The van der Waals surface area contributed by atoms with Gasteiger partial charge in [0.25, 0.3) is 5.91 Å². The van der Waals surface area contributed by atoms with Crippen molar-refractivity contribution in [2.45, 2.75) is 38.5 Å². The van der Waals surface area contributed by atoms with Crippen LogP contribution in [0.4, 0.5) is 0 Å². The van der Waals surface area contributed by atoms with Gasteiger partial charge in [-0.15, -0.1) is 0 Å². The fourth-order valence-electron chi connectivity index (χ4n) is 5.38. The number of hydrogen-bond acceptors (Lipinski definition) is 4. The second-order valence-corrected chi connectivity index (χ2v) is 9.64. The Labute approximate surface area is 206 Å². The quantitative estimate of drug-likeness (QED) is 0.500. The van der Waals surface area contributed by atoms with Crippen molar-refractivity contribution in [3.05, 3.63) is 72.1 Å². The molecule has 2 aliphatic rings. The minimum Gasteiger partial charge on any atom is -0.491 e. The lowest BCUT2D eigenvalue weighted by molar-refractivity contribution is -0.128. The monoisotopic (exact) mass is 471 g/mol. The molecule has 0 unspecified atom stereocenters. The molecule has 0 spiro atoms. The lowest BCUT2D eigenvalue weighted by Crippen LogP contribution is -2.33. The van der Waals surface area contributed by atoms with Gasteiger partial charge in [0, 0.05) is 43.8 Å². The molecular weight excluding hydrogens is 438 g/mol. The van der Waals surface area contributed by atoms with Gasteiger partial charge < -0.3 is 14.5 Å². The van der Waals surface area contributed by atoms with Gasteiger partial charge in [-0.1, -0.05) is 30.3 Å². The Bertz CT molecular complexity index is 1190. The Morgan fingerprint density at radius 2 is 1.91 bits per heavy atom. The summed E-state index contributed by atoms with van der Waals surface area (Å²) in [5, 5.41) is 2.46. The zero-order valence-electron chi connectivity index (χ0n) is 20.2. The van der Waals surface area contributed by atoms with Crippen molar-refractivity contribution in [1.29, 1.82) is 0 Å². The van der Waals surface area contributed by atoms with Gasteiger partial charge in [0.2, 0.25) is 5.91 Å². The first-order valence-electron chi connectivity index (χ1n) is 12.8.